The average molecular weight is 268 g/mol. The average Bonchev–Trinajstić information content (AvgIpc) is 2.94. The predicted molar refractivity (Wildman–Crippen MR) is 72.4 cm³/mol. The number of aromatic nitrogens is 2. The van der Waals surface area contributed by atoms with Gasteiger partial charge in [0, 0.05) is 32.2 Å². The standard InChI is InChI=1S/C12H20N4OS/c1-9-10(7-13)12(15(2)14-9)18-8-11(17)16-5-3-4-6-16/h3-8,13H2,1-2H3. The third kappa shape index (κ3) is 2.70. The van der Waals surface area contributed by atoms with Crippen LogP contribution in [-0.4, -0.2) is 39.4 Å². The molecule has 1 amide bonds. The lowest BCUT2D eigenvalue weighted by Crippen LogP contribution is -2.29. The van der Waals surface area contributed by atoms with Crippen molar-refractivity contribution in [1.82, 2.24) is 14.7 Å². The lowest BCUT2D eigenvalue weighted by molar-refractivity contribution is -0.127. The van der Waals surface area contributed by atoms with Gasteiger partial charge in [-0.1, -0.05) is 11.8 Å². The van der Waals surface area contributed by atoms with Gasteiger partial charge >= 0.3 is 0 Å². The summed E-state index contributed by atoms with van der Waals surface area (Å²) in [7, 11) is 1.90. The number of nitrogens with zero attached hydrogens (tertiary/aromatic N) is 3. The van der Waals surface area contributed by atoms with Crippen LogP contribution in [0.2, 0.25) is 0 Å². The minimum absolute atomic E-state index is 0.222. The zero-order valence-corrected chi connectivity index (χ0v) is 11.8. The molecule has 18 heavy (non-hydrogen) atoms. The second kappa shape index (κ2) is 5.75. The second-order valence-corrected chi connectivity index (χ2v) is 5.54. The van der Waals surface area contributed by atoms with Gasteiger partial charge < -0.3 is 10.6 Å². The van der Waals surface area contributed by atoms with Crippen LogP contribution in [0.3, 0.4) is 0 Å². The Kier molecular flexibility index (Phi) is 4.29. The summed E-state index contributed by atoms with van der Waals surface area (Å²) >= 11 is 1.54. The molecule has 1 aliphatic rings. The van der Waals surface area contributed by atoms with Crippen LogP contribution in [0.4, 0.5) is 0 Å². The summed E-state index contributed by atoms with van der Waals surface area (Å²) in [5.74, 6) is 0.700. The zero-order valence-electron chi connectivity index (χ0n) is 11.0. The Morgan fingerprint density at radius 1 is 1.44 bits per heavy atom. The zero-order chi connectivity index (χ0) is 13.1. The lowest BCUT2D eigenvalue weighted by Gasteiger charge is -2.14. The largest absolute Gasteiger partial charge is 0.342 e. The molecule has 0 saturated carbocycles. The van der Waals surface area contributed by atoms with E-state index in [-0.39, 0.29) is 5.91 Å². The Morgan fingerprint density at radius 3 is 2.72 bits per heavy atom. The summed E-state index contributed by atoms with van der Waals surface area (Å²) < 4.78 is 1.82. The fourth-order valence-electron chi connectivity index (χ4n) is 2.28. The van der Waals surface area contributed by atoms with Crippen molar-refractivity contribution in [2.24, 2.45) is 12.8 Å². The molecule has 1 fully saturated rings. The van der Waals surface area contributed by atoms with Crippen molar-refractivity contribution in [1.29, 1.82) is 0 Å². The van der Waals surface area contributed by atoms with Crippen LogP contribution in [0, 0.1) is 6.92 Å². The van der Waals surface area contributed by atoms with Gasteiger partial charge in [-0.05, 0) is 19.8 Å². The van der Waals surface area contributed by atoms with Crippen molar-refractivity contribution in [2.75, 3.05) is 18.8 Å². The van der Waals surface area contributed by atoms with Crippen molar-refractivity contribution < 1.29 is 4.79 Å². The Morgan fingerprint density at radius 2 is 2.11 bits per heavy atom. The first-order valence-corrected chi connectivity index (χ1v) is 7.25. The number of thioether (sulfide) groups is 1. The molecule has 2 heterocycles. The molecular weight excluding hydrogens is 248 g/mol. The minimum Gasteiger partial charge on any atom is -0.342 e. The Bertz CT molecular complexity index is 438. The fraction of sp³-hybridized carbons (Fsp3) is 0.667. The molecule has 0 atom stereocenters. The molecule has 0 unspecified atom stereocenters. The van der Waals surface area contributed by atoms with E-state index >= 15 is 0 Å². The number of nitrogens with two attached hydrogens (primary N) is 1. The highest BCUT2D eigenvalue weighted by molar-refractivity contribution is 8.00. The number of aryl methyl sites for hydroxylation is 2. The summed E-state index contributed by atoms with van der Waals surface area (Å²) in [5, 5.41) is 5.36. The molecule has 1 aliphatic heterocycles. The van der Waals surface area contributed by atoms with Crippen molar-refractivity contribution in [3.63, 3.8) is 0 Å². The molecule has 2 rings (SSSR count). The predicted octanol–water partition coefficient (Wildman–Crippen LogP) is 0.902. The third-order valence-corrected chi connectivity index (χ3v) is 4.46. The van der Waals surface area contributed by atoms with Gasteiger partial charge in [0.25, 0.3) is 0 Å². The number of likely N-dealkylation sites (tertiary alicyclic amines) is 1. The Hall–Kier alpha value is -1.01. The minimum atomic E-state index is 0.222. The SMILES string of the molecule is Cc1nn(C)c(SCC(=O)N2CCCC2)c1CN. The molecule has 100 valence electrons. The number of amides is 1. The van der Waals surface area contributed by atoms with Crippen LogP contribution in [0.15, 0.2) is 5.03 Å². The first-order valence-electron chi connectivity index (χ1n) is 6.26. The normalized spacial score (nSPS) is 15.4. The molecule has 1 aromatic rings. The molecule has 2 N–H and O–H groups in total. The maximum absolute atomic E-state index is 12.0. The van der Waals surface area contributed by atoms with E-state index in [0.29, 0.717) is 12.3 Å². The summed E-state index contributed by atoms with van der Waals surface area (Å²) in [5.41, 5.74) is 7.74. The van der Waals surface area contributed by atoms with E-state index in [1.807, 2.05) is 23.6 Å². The summed E-state index contributed by atoms with van der Waals surface area (Å²) in [4.78, 5) is 13.9. The first-order chi connectivity index (χ1) is 8.63. The van der Waals surface area contributed by atoms with Crippen LogP contribution < -0.4 is 5.73 Å². The van der Waals surface area contributed by atoms with E-state index in [1.165, 1.54) is 0 Å². The fourth-order valence-corrected chi connectivity index (χ4v) is 3.36. The molecule has 0 aliphatic carbocycles. The van der Waals surface area contributed by atoms with Gasteiger partial charge in [-0.2, -0.15) is 5.10 Å². The topological polar surface area (TPSA) is 64.2 Å². The molecule has 0 spiro atoms. The van der Waals surface area contributed by atoms with Gasteiger partial charge in [-0.15, -0.1) is 0 Å². The maximum Gasteiger partial charge on any atom is 0.232 e. The van der Waals surface area contributed by atoms with Crippen LogP contribution in [0.5, 0.6) is 0 Å². The summed E-state index contributed by atoms with van der Waals surface area (Å²) in [6, 6.07) is 0. The van der Waals surface area contributed by atoms with Crippen LogP contribution in [0.1, 0.15) is 24.1 Å². The molecule has 1 aromatic heterocycles. The Labute approximate surface area is 112 Å². The number of rotatable bonds is 4. The van der Waals surface area contributed by atoms with Crippen molar-refractivity contribution in [2.45, 2.75) is 31.3 Å². The number of carbonyl (C=O) groups excluding carboxylic acids is 1. The van der Waals surface area contributed by atoms with Crippen molar-refractivity contribution in [3.05, 3.63) is 11.3 Å². The Balaban J connectivity index is 1.99. The molecule has 0 radical (unpaired) electrons. The van der Waals surface area contributed by atoms with E-state index in [9.17, 15) is 4.79 Å². The monoisotopic (exact) mass is 268 g/mol. The van der Waals surface area contributed by atoms with Gasteiger partial charge in [0.1, 0.15) is 0 Å². The molecular formula is C12H20N4OS. The summed E-state index contributed by atoms with van der Waals surface area (Å²) in [6.07, 6.45) is 2.27. The van der Waals surface area contributed by atoms with E-state index in [1.54, 1.807) is 11.8 Å². The highest BCUT2D eigenvalue weighted by atomic mass is 32.2. The van der Waals surface area contributed by atoms with Gasteiger partial charge in [0.2, 0.25) is 5.91 Å². The number of carbonyl (C=O) groups is 1. The summed E-state index contributed by atoms with van der Waals surface area (Å²) in [6.45, 7) is 4.25. The molecule has 0 bridgehead atoms. The highest BCUT2D eigenvalue weighted by Gasteiger charge is 2.19. The van der Waals surface area contributed by atoms with Gasteiger partial charge in [-0.25, -0.2) is 0 Å². The van der Waals surface area contributed by atoms with Crippen molar-refractivity contribution >= 4 is 17.7 Å². The van der Waals surface area contributed by atoms with Crippen LogP contribution in [-0.2, 0) is 18.4 Å². The lowest BCUT2D eigenvalue weighted by atomic mass is 10.3. The van der Waals surface area contributed by atoms with Gasteiger partial charge in [0.15, 0.2) is 0 Å². The van der Waals surface area contributed by atoms with E-state index in [4.69, 9.17) is 5.73 Å². The molecule has 0 aromatic carbocycles. The van der Waals surface area contributed by atoms with E-state index in [0.717, 1.165) is 42.2 Å². The van der Waals surface area contributed by atoms with Crippen LogP contribution >= 0.6 is 11.8 Å². The van der Waals surface area contributed by atoms with E-state index in [2.05, 4.69) is 5.10 Å². The highest BCUT2D eigenvalue weighted by Crippen LogP contribution is 2.25. The van der Waals surface area contributed by atoms with E-state index < -0.39 is 0 Å². The van der Waals surface area contributed by atoms with Gasteiger partial charge in [0.05, 0.1) is 16.5 Å². The van der Waals surface area contributed by atoms with Crippen LogP contribution in [0.25, 0.3) is 0 Å². The number of hydrogen-bond acceptors (Lipinski definition) is 4. The molecule has 1 saturated heterocycles. The maximum atomic E-state index is 12.0. The quantitative estimate of drug-likeness (QED) is 0.824. The smallest absolute Gasteiger partial charge is 0.232 e. The van der Waals surface area contributed by atoms with Crippen molar-refractivity contribution in [3.8, 4) is 0 Å². The first kappa shape index (κ1) is 13.4. The second-order valence-electron chi connectivity index (χ2n) is 4.57. The number of hydrogen-bond donors (Lipinski definition) is 1. The molecule has 5 nitrogen and oxygen atoms in total. The van der Waals surface area contributed by atoms with Gasteiger partial charge in [-0.3, -0.25) is 9.48 Å². The molecule has 6 heteroatoms. The third-order valence-electron chi connectivity index (χ3n) is 3.28.